The molecule has 2 atom stereocenters. The first-order valence-corrected chi connectivity index (χ1v) is 11.4. The Kier molecular flexibility index (Phi) is 7.84. The lowest BCUT2D eigenvalue weighted by molar-refractivity contribution is -0.137. The van der Waals surface area contributed by atoms with Crippen LogP contribution in [0.15, 0.2) is 71.6 Å². The maximum absolute atomic E-state index is 12.9. The maximum atomic E-state index is 12.9. The molecule has 0 fully saturated rings. The van der Waals surface area contributed by atoms with E-state index in [9.17, 15) is 13.2 Å². The number of benzene rings is 3. The Morgan fingerprint density at radius 1 is 0.967 bits per heavy atom. The fraction of sp³-hybridized carbons (Fsp3) is 0.360. The smallest absolute Gasteiger partial charge is 0.310 e. The van der Waals surface area contributed by atoms with Crippen LogP contribution in [0.1, 0.15) is 43.9 Å². The van der Waals surface area contributed by atoms with Crippen LogP contribution in [0.2, 0.25) is 0 Å². The van der Waals surface area contributed by atoms with Gasteiger partial charge in [0, 0.05) is 10.9 Å². The van der Waals surface area contributed by atoms with Crippen molar-refractivity contribution in [3.63, 3.8) is 0 Å². The second-order valence-electron chi connectivity index (χ2n) is 7.64. The predicted molar refractivity (Wildman–Crippen MR) is 121 cm³/mol. The van der Waals surface area contributed by atoms with Crippen molar-refractivity contribution in [2.24, 2.45) is 5.92 Å². The van der Waals surface area contributed by atoms with E-state index in [-0.39, 0.29) is 6.04 Å². The van der Waals surface area contributed by atoms with E-state index in [1.165, 1.54) is 40.2 Å². The van der Waals surface area contributed by atoms with Gasteiger partial charge in [0.15, 0.2) is 0 Å². The van der Waals surface area contributed by atoms with Crippen molar-refractivity contribution < 1.29 is 13.2 Å². The highest BCUT2D eigenvalue weighted by molar-refractivity contribution is 7.99. The predicted octanol–water partition coefficient (Wildman–Crippen LogP) is 7.72. The molecule has 1 N–H and O–H groups in total. The van der Waals surface area contributed by atoms with Crippen molar-refractivity contribution in [3.05, 3.63) is 77.9 Å². The first-order valence-electron chi connectivity index (χ1n) is 10.4. The Bertz CT molecular complexity index is 949. The van der Waals surface area contributed by atoms with E-state index >= 15 is 0 Å². The summed E-state index contributed by atoms with van der Waals surface area (Å²) in [7, 11) is 0. The van der Waals surface area contributed by atoms with Gasteiger partial charge >= 0.3 is 6.18 Å². The van der Waals surface area contributed by atoms with E-state index < -0.39 is 11.7 Å². The van der Waals surface area contributed by atoms with Crippen LogP contribution in [0.5, 0.6) is 0 Å². The number of nitrogens with one attached hydrogen (secondary N) is 1. The van der Waals surface area contributed by atoms with Gasteiger partial charge in [0.05, 0.1) is 5.56 Å². The number of fused-ring (bicyclic) bond motifs is 1. The zero-order valence-electron chi connectivity index (χ0n) is 17.4. The summed E-state index contributed by atoms with van der Waals surface area (Å²) in [6, 6.07) is 20.6. The lowest BCUT2D eigenvalue weighted by Gasteiger charge is -2.21. The molecule has 0 radical (unpaired) electrons. The molecule has 0 aliphatic carbocycles. The summed E-state index contributed by atoms with van der Waals surface area (Å²) in [6.07, 6.45) is -2.28. The van der Waals surface area contributed by atoms with E-state index in [1.54, 1.807) is 6.07 Å². The van der Waals surface area contributed by atoms with E-state index in [0.717, 1.165) is 31.2 Å². The topological polar surface area (TPSA) is 12.0 Å². The molecule has 0 aliphatic heterocycles. The quantitative estimate of drug-likeness (QED) is 0.348. The van der Waals surface area contributed by atoms with Gasteiger partial charge in [0.25, 0.3) is 0 Å². The van der Waals surface area contributed by atoms with Gasteiger partial charge < -0.3 is 5.32 Å². The zero-order chi connectivity index (χ0) is 21.6. The van der Waals surface area contributed by atoms with Gasteiger partial charge in [-0.05, 0) is 66.1 Å². The van der Waals surface area contributed by atoms with Crippen LogP contribution in [-0.2, 0) is 6.18 Å². The van der Waals surface area contributed by atoms with Crippen LogP contribution < -0.4 is 5.32 Å². The Morgan fingerprint density at radius 3 is 2.47 bits per heavy atom. The Morgan fingerprint density at radius 2 is 1.70 bits per heavy atom. The van der Waals surface area contributed by atoms with Crippen molar-refractivity contribution in [1.29, 1.82) is 0 Å². The molecule has 0 aromatic heterocycles. The second-order valence-corrected chi connectivity index (χ2v) is 8.80. The molecule has 0 saturated carbocycles. The van der Waals surface area contributed by atoms with Crippen molar-refractivity contribution in [3.8, 4) is 0 Å². The Balaban J connectivity index is 1.52. The summed E-state index contributed by atoms with van der Waals surface area (Å²) in [6.45, 7) is 5.25. The van der Waals surface area contributed by atoms with E-state index in [0.29, 0.717) is 10.8 Å². The summed E-state index contributed by atoms with van der Waals surface area (Å²) in [5.74, 6) is 1.30. The van der Waals surface area contributed by atoms with Crippen molar-refractivity contribution >= 4 is 22.5 Å². The molecule has 0 bridgehead atoms. The molecule has 5 heteroatoms. The molecule has 0 spiro atoms. The maximum Gasteiger partial charge on any atom is 0.416 e. The first kappa shape index (κ1) is 22.7. The first-order chi connectivity index (χ1) is 14.4. The van der Waals surface area contributed by atoms with Crippen molar-refractivity contribution in [2.75, 3.05) is 12.3 Å². The molecule has 1 unspecified atom stereocenters. The van der Waals surface area contributed by atoms with E-state index in [2.05, 4.69) is 61.6 Å². The molecule has 0 amide bonds. The molecule has 3 aromatic carbocycles. The number of rotatable bonds is 9. The Hall–Kier alpha value is -1.98. The van der Waals surface area contributed by atoms with Crippen LogP contribution in [0, 0.1) is 5.92 Å². The number of thioether (sulfide) groups is 1. The molecule has 30 heavy (non-hydrogen) atoms. The number of halogens is 3. The van der Waals surface area contributed by atoms with Crippen LogP contribution in [0.25, 0.3) is 10.8 Å². The molecular formula is C25H28F3NS. The summed E-state index contributed by atoms with van der Waals surface area (Å²) in [5.41, 5.74) is 0.714. The highest BCUT2D eigenvalue weighted by atomic mass is 32.2. The molecule has 3 aromatic rings. The van der Waals surface area contributed by atoms with Gasteiger partial charge in [0.2, 0.25) is 0 Å². The number of hydrogen-bond donors (Lipinski definition) is 1. The molecule has 0 aliphatic rings. The summed E-state index contributed by atoms with van der Waals surface area (Å²) < 4.78 is 38.6. The lowest BCUT2D eigenvalue weighted by atomic mass is 9.98. The summed E-state index contributed by atoms with van der Waals surface area (Å²) in [5, 5.41) is 6.18. The molecular weight excluding hydrogens is 403 g/mol. The SMILES string of the molecule is CCC(CCSc1cccc(C(F)(F)F)c1)CN[C@H](C)c1cccc2ccccc12. The minimum atomic E-state index is -4.29. The molecule has 160 valence electrons. The summed E-state index contributed by atoms with van der Waals surface area (Å²) in [4.78, 5) is 0.678. The molecule has 0 heterocycles. The van der Waals surface area contributed by atoms with Crippen molar-refractivity contribution in [2.45, 2.75) is 43.8 Å². The van der Waals surface area contributed by atoms with Crippen LogP contribution >= 0.6 is 11.8 Å². The van der Waals surface area contributed by atoms with Crippen LogP contribution in [-0.4, -0.2) is 12.3 Å². The minimum absolute atomic E-state index is 0.237. The Labute approximate surface area is 181 Å². The highest BCUT2D eigenvalue weighted by Gasteiger charge is 2.30. The fourth-order valence-electron chi connectivity index (χ4n) is 3.64. The normalized spacial score (nSPS) is 14.0. The number of alkyl halides is 3. The van der Waals surface area contributed by atoms with Crippen LogP contribution in [0.4, 0.5) is 13.2 Å². The van der Waals surface area contributed by atoms with Gasteiger partial charge in [-0.15, -0.1) is 11.8 Å². The summed E-state index contributed by atoms with van der Waals surface area (Å²) >= 11 is 1.50. The molecule has 1 nitrogen and oxygen atoms in total. The number of hydrogen-bond acceptors (Lipinski definition) is 2. The van der Waals surface area contributed by atoms with Gasteiger partial charge in [-0.25, -0.2) is 0 Å². The third-order valence-corrected chi connectivity index (χ3v) is 6.56. The highest BCUT2D eigenvalue weighted by Crippen LogP contribution is 2.32. The average molecular weight is 432 g/mol. The third kappa shape index (κ3) is 6.02. The zero-order valence-corrected chi connectivity index (χ0v) is 18.2. The largest absolute Gasteiger partial charge is 0.416 e. The standard InChI is InChI=1S/C25H28F3NS/c1-3-19(14-15-30-22-11-7-10-21(16-22)25(26,27)28)17-29-18(2)23-13-6-9-20-8-4-5-12-24(20)23/h4-13,16,18-19,29H,3,14-15,17H2,1-2H3/t18-,19?/m1/s1. The second kappa shape index (κ2) is 10.4. The van der Waals surface area contributed by atoms with Gasteiger partial charge in [0.1, 0.15) is 0 Å². The van der Waals surface area contributed by atoms with E-state index in [1.807, 2.05) is 0 Å². The molecule has 0 saturated heterocycles. The van der Waals surface area contributed by atoms with Gasteiger partial charge in [-0.2, -0.15) is 13.2 Å². The molecule has 3 rings (SSSR count). The minimum Gasteiger partial charge on any atom is -0.310 e. The monoisotopic (exact) mass is 431 g/mol. The van der Waals surface area contributed by atoms with E-state index in [4.69, 9.17) is 0 Å². The van der Waals surface area contributed by atoms with Crippen molar-refractivity contribution in [1.82, 2.24) is 5.32 Å². The fourth-order valence-corrected chi connectivity index (χ4v) is 4.71. The van der Waals surface area contributed by atoms with Gasteiger partial charge in [-0.3, -0.25) is 0 Å². The lowest BCUT2D eigenvalue weighted by Crippen LogP contribution is -2.26. The van der Waals surface area contributed by atoms with Gasteiger partial charge in [-0.1, -0.05) is 61.9 Å². The third-order valence-electron chi connectivity index (χ3n) is 5.54. The average Bonchev–Trinajstić information content (AvgIpc) is 2.75. The van der Waals surface area contributed by atoms with Crippen LogP contribution in [0.3, 0.4) is 0 Å².